The van der Waals surface area contributed by atoms with Gasteiger partial charge >= 0.3 is 5.97 Å². The van der Waals surface area contributed by atoms with E-state index in [4.69, 9.17) is 18.9 Å². The van der Waals surface area contributed by atoms with Gasteiger partial charge in [0.2, 0.25) is 0 Å². The second kappa shape index (κ2) is 15.4. The standard InChI is InChI=1S/C35H60N2O5/c1-10-20-37-21-14-15-23-39-32(38)35(7,8)25-34(5,6)31(33(3,4)19-16-22-37)42-30-29(28(36-9)24-26(2)40-30)41-27-17-12-11-13-18-27/h11-13,17-18,26,28-31,36H,10,14-16,19-25H2,1-9H3/t26-,28+,29-,30+,31?/m1/s1. The molecule has 240 valence electrons. The molecule has 0 spiro atoms. The smallest absolute Gasteiger partial charge is 0.311 e. The first-order chi connectivity index (χ1) is 19.8. The van der Waals surface area contributed by atoms with E-state index in [1.807, 2.05) is 51.2 Å². The molecule has 0 aliphatic carbocycles. The normalized spacial score (nSPS) is 31.4. The Morgan fingerprint density at radius 2 is 1.69 bits per heavy atom. The first-order valence-corrected chi connectivity index (χ1v) is 16.4. The summed E-state index contributed by atoms with van der Waals surface area (Å²) >= 11 is 0. The summed E-state index contributed by atoms with van der Waals surface area (Å²) in [5.41, 5.74) is -1.19. The van der Waals surface area contributed by atoms with Crippen molar-refractivity contribution in [1.82, 2.24) is 10.2 Å². The first kappa shape index (κ1) is 34.8. The molecule has 2 heterocycles. The van der Waals surface area contributed by atoms with E-state index in [0.29, 0.717) is 13.0 Å². The average Bonchev–Trinajstić information content (AvgIpc) is 2.91. The zero-order valence-corrected chi connectivity index (χ0v) is 28.0. The van der Waals surface area contributed by atoms with Gasteiger partial charge in [-0.1, -0.05) is 52.8 Å². The molecule has 7 heteroatoms. The van der Waals surface area contributed by atoms with Gasteiger partial charge in [0.05, 0.1) is 30.3 Å². The van der Waals surface area contributed by atoms with Crippen LogP contribution in [-0.2, 0) is 19.0 Å². The largest absolute Gasteiger partial charge is 0.483 e. The Labute approximate surface area is 256 Å². The number of cyclic esters (lactones) is 1. The number of hydrogen-bond donors (Lipinski definition) is 1. The molecule has 0 aromatic heterocycles. The minimum absolute atomic E-state index is 0.0191. The number of carbonyl (C=O) groups is 1. The number of rotatable bonds is 7. The fourth-order valence-electron chi connectivity index (χ4n) is 7.43. The van der Waals surface area contributed by atoms with Gasteiger partial charge in [-0.3, -0.25) is 4.79 Å². The maximum absolute atomic E-state index is 13.3. The molecular formula is C35H60N2O5. The lowest BCUT2D eigenvalue weighted by molar-refractivity contribution is -0.285. The van der Waals surface area contributed by atoms with E-state index in [9.17, 15) is 4.79 Å². The number of nitrogens with one attached hydrogen (secondary N) is 1. The number of ether oxygens (including phenoxy) is 4. The van der Waals surface area contributed by atoms with Crippen molar-refractivity contribution in [3.63, 3.8) is 0 Å². The summed E-state index contributed by atoms with van der Waals surface area (Å²) in [5, 5.41) is 3.47. The van der Waals surface area contributed by atoms with E-state index in [-0.39, 0.29) is 41.2 Å². The highest BCUT2D eigenvalue weighted by molar-refractivity contribution is 5.76. The number of carbonyl (C=O) groups excluding carboxylic acids is 1. The van der Waals surface area contributed by atoms with Crippen molar-refractivity contribution < 1.29 is 23.7 Å². The van der Waals surface area contributed by atoms with Crippen LogP contribution in [0.4, 0.5) is 0 Å². The molecule has 5 atom stereocenters. The summed E-state index contributed by atoms with van der Waals surface area (Å²) < 4.78 is 26.2. The molecule has 1 N–H and O–H groups in total. The number of nitrogens with zero attached hydrogens (tertiary/aromatic N) is 1. The topological polar surface area (TPSA) is 69.3 Å². The molecule has 0 radical (unpaired) electrons. The molecule has 0 bridgehead atoms. The Balaban J connectivity index is 1.96. The van der Waals surface area contributed by atoms with Gasteiger partial charge in [0.15, 0.2) is 12.4 Å². The molecule has 2 saturated heterocycles. The van der Waals surface area contributed by atoms with E-state index in [2.05, 4.69) is 51.8 Å². The van der Waals surface area contributed by atoms with Crippen LogP contribution >= 0.6 is 0 Å². The van der Waals surface area contributed by atoms with Crippen molar-refractivity contribution in [2.45, 2.75) is 131 Å². The fourth-order valence-corrected chi connectivity index (χ4v) is 7.43. The number of hydrogen-bond acceptors (Lipinski definition) is 7. The van der Waals surface area contributed by atoms with Crippen LogP contribution in [-0.4, -0.2) is 74.8 Å². The minimum Gasteiger partial charge on any atom is -0.483 e. The molecule has 1 aromatic carbocycles. The molecule has 42 heavy (non-hydrogen) atoms. The van der Waals surface area contributed by atoms with Crippen LogP contribution in [0.1, 0.15) is 100 Å². The predicted molar refractivity (Wildman–Crippen MR) is 170 cm³/mol. The van der Waals surface area contributed by atoms with Gasteiger partial charge in [0.25, 0.3) is 0 Å². The summed E-state index contributed by atoms with van der Waals surface area (Å²) in [6, 6.07) is 10.0. The van der Waals surface area contributed by atoms with Crippen molar-refractivity contribution in [2.75, 3.05) is 33.3 Å². The van der Waals surface area contributed by atoms with E-state index in [1.54, 1.807) is 0 Å². The Bertz CT molecular complexity index is 950. The second-order valence-corrected chi connectivity index (χ2v) is 14.7. The van der Waals surface area contributed by atoms with Crippen LogP contribution in [0, 0.1) is 16.2 Å². The van der Waals surface area contributed by atoms with Gasteiger partial charge in [-0.2, -0.15) is 0 Å². The molecule has 0 saturated carbocycles. The van der Waals surface area contributed by atoms with Gasteiger partial charge in [0, 0.05) is 0 Å². The monoisotopic (exact) mass is 588 g/mol. The van der Waals surface area contributed by atoms with Crippen LogP contribution in [0.25, 0.3) is 0 Å². The Hall–Kier alpha value is -1.67. The van der Waals surface area contributed by atoms with E-state index in [1.165, 1.54) is 0 Å². The van der Waals surface area contributed by atoms with E-state index < -0.39 is 11.7 Å². The molecule has 2 aliphatic heterocycles. The molecule has 1 aromatic rings. The van der Waals surface area contributed by atoms with Crippen molar-refractivity contribution in [3.8, 4) is 5.75 Å². The van der Waals surface area contributed by atoms with Crippen LogP contribution in [0.2, 0.25) is 0 Å². The third-order valence-corrected chi connectivity index (χ3v) is 9.08. The fraction of sp³-hybridized carbons (Fsp3) is 0.800. The van der Waals surface area contributed by atoms with Crippen molar-refractivity contribution in [1.29, 1.82) is 0 Å². The number of likely N-dealkylation sites (N-methyl/N-ethyl adjacent to an activating group) is 1. The van der Waals surface area contributed by atoms with Gasteiger partial charge in [-0.05, 0) is 115 Å². The van der Waals surface area contributed by atoms with E-state index >= 15 is 0 Å². The molecule has 7 nitrogen and oxygen atoms in total. The molecule has 3 rings (SSSR count). The van der Waals surface area contributed by atoms with Gasteiger partial charge in [0.1, 0.15) is 5.75 Å². The van der Waals surface area contributed by atoms with Crippen LogP contribution in [0.15, 0.2) is 30.3 Å². The summed E-state index contributed by atoms with van der Waals surface area (Å²) in [6.07, 6.45) is 5.57. The quantitative estimate of drug-likeness (QED) is 0.350. The average molecular weight is 589 g/mol. The Morgan fingerprint density at radius 1 is 1.00 bits per heavy atom. The Kier molecular flexibility index (Phi) is 12.7. The van der Waals surface area contributed by atoms with Crippen LogP contribution < -0.4 is 10.1 Å². The lowest BCUT2D eigenvalue weighted by Crippen LogP contribution is -2.59. The number of esters is 1. The zero-order chi connectivity index (χ0) is 31.0. The van der Waals surface area contributed by atoms with Gasteiger partial charge < -0.3 is 29.2 Å². The van der Waals surface area contributed by atoms with E-state index in [0.717, 1.165) is 63.9 Å². The molecular weight excluding hydrogens is 528 g/mol. The summed E-state index contributed by atoms with van der Waals surface area (Å²) in [4.78, 5) is 15.9. The Morgan fingerprint density at radius 3 is 2.36 bits per heavy atom. The highest BCUT2D eigenvalue weighted by Gasteiger charge is 2.50. The molecule has 2 aliphatic rings. The maximum Gasteiger partial charge on any atom is 0.311 e. The highest BCUT2D eigenvalue weighted by Crippen LogP contribution is 2.47. The second-order valence-electron chi connectivity index (χ2n) is 14.7. The van der Waals surface area contributed by atoms with Crippen molar-refractivity contribution in [3.05, 3.63) is 30.3 Å². The predicted octanol–water partition coefficient (Wildman–Crippen LogP) is 6.84. The minimum atomic E-state index is -0.649. The number of benzene rings is 1. The molecule has 2 fully saturated rings. The number of para-hydroxylation sites is 1. The maximum atomic E-state index is 13.3. The third-order valence-electron chi connectivity index (χ3n) is 9.08. The molecule has 1 unspecified atom stereocenters. The lowest BCUT2D eigenvalue weighted by atomic mass is 9.64. The summed E-state index contributed by atoms with van der Waals surface area (Å²) in [7, 11) is 1.98. The third kappa shape index (κ3) is 9.67. The van der Waals surface area contributed by atoms with Gasteiger partial charge in [-0.25, -0.2) is 0 Å². The summed E-state index contributed by atoms with van der Waals surface area (Å²) in [6.45, 7) is 21.2. The molecule has 0 amide bonds. The SMILES string of the molecule is CCCN1CCCCOC(=O)C(C)(C)CC(C)(C)C(O[C@@H]2O[C@H](C)C[C@H](NC)[C@H]2Oc2ccccc2)C(C)(C)CCC1. The van der Waals surface area contributed by atoms with Crippen LogP contribution in [0.5, 0.6) is 5.75 Å². The zero-order valence-electron chi connectivity index (χ0n) is 28.0. The van der Waals surface area contributed by atoms with Gasteiger partial charge in [-0.15, -0.1) is 0 Å². The lowest BCUT2D eigenvalue weighted by Gasteiger charge is -2.50. The van der Waals surface area contributed by atoms with Crippen LogP contribution in [0.3, 0.4) is 0 Å². The van der Waals surface area contributed by atoms with Crippen molar-refractivity contribution >= 4 is 5.97 Å². The summed E-state index contributed by atoms with van der Waals surface area (Å²) in [5.74, 6) is 0.672. The van der Waals surface area contributed by atoms with Crippen molar-refractivity contribution in [2.24, 2.45) is 16.2 Å². The highest BCUT2D eigenvalue weighted by atomic mass is 16.7. The first-order valence-electron chi connectivity index (χ1n) is 16.4.